The van der Waals surface area contributed by atoms with Crippen molar-refractivity contribution in [3.63, 3.8) is 0 Å². The molecule has 2 nitrogen and oxygen atoms in total. The van der Waals surface area contributed by atoms with E-state index >= 15 is 0 Å². The molecule has 1 atom stereocenters. The first-order valence-electron chi connectivity index (χ1n) is 6.55. The zero-order chi connectivity index (χ0) is 13.9. The van der Waals surface area contributed by atoms with Crippen molar-refractivity contribution in [2.24, 2.45) is 0 Å². The van der Waals surface area contributed by atoms with Crippen molar-refractivity contribution in [1.29, 1.82) is 0 Å². The van der Waals surface area contributed by atoms with Crippen LogP contribution in [0.25, 0.3) is 10.8 Å². The maximum absolute atomic E-state index is 4.38. The predicted octanol–water partition coefficient (Wildman–Crippen LogP) is 4.31. The van der Waals surface area contributed by atoms with Crippen molar-refractivity contribution >= 4 is 26.7 Å². The zero-order valence-electron chi connectivity index (χ0n) is 11.2. The number of benzene rings is 2. The standard InChI is InChI=1S/C17H15BrN2/c1-19-17(12-6-4-7-14(18)9-12)16-11-20-10-13-5-2-3-8-15(13)16/h2-11,17,19H,1H3. The Labute approximate surface area is 127 Å². The fourth-order valence-electron chi connectivity index (χ4n) is 2.56. The summed E-state index contributed by atoms with van der Waals surface area (Å²) in [4.78, 5) is 4.38. The first-order chi connectivity index (χ1) is 9.79. The van der Waals surface area contributed by atoms with Gasteiger partial charge in [-0.25, -0.2) is 0 Å². The normalized spacial score (nSPS) is 12.5. The van der Waals surface area contributed by atoms with Crippen molar-refractivity contribution in [1.82, 2.24) is 10.3 Å². The van der Waals surface area contributed by atoms with Crippen molar-refractivity contribution in [3.8, 4) is 0 Å². The third-order valence-electron chi connectivity index (χ3n) is 3.48. The number of hydrogen-bond donors (Lipinski definition) is 1. The lowest BCUT2D eigenvalue weighted by Crippen LogP contribution is -2.18. The van der Waals surface area contributed by atoms with Gasteiger partial charge in [-0.15, -0.1) is 0 Å². The smallest absolute Gasteiger partial charge is 0.0596 e. The summed E-state index contributed by atoms with van der Waals surface area (Å²) in [5.41, 5.74) is 2.42. The lowest BCUT2D eigenvalue weighted by molar-refractivity contribution is 0.694. The molecule has 0 bridgehead atoms. The van der Waals surface area contributed by atoms with Gasteiger partial charge in [0.25, 0.3) is 0 Å². The summed E-state index contributed by atoms with van der Waals surface area (Å²) in [6.07, 6.45) is 3.86. The summed E-state index contributed by atoms with van der Waals surface area (Å²) in [7, 11) is 1.98. The molecule has 3 aromatic rings. The van der Waals surface area contributed by atoms with Crippen LogP contribution >= 0.6 is 15.9 Å². The van der Waals surface area contributed by atoms with E-state index in [1.54, 1.807) is 0 Å². The van der Waals surface area contributed by atoms with Crippen LogP contribution in [0.4, 0.5) is 0 Å². The maximum Gasteiger partial charge on any atom is 0.0596 e. The second-order valence-electron chi connectivity index (χ2n) is 4.73. The van der Waals surface area contributed by atoms with Crippen LogP contribution in [0.3, 0.4) is 0 Å². The highest BCUT2D eigenvalue weighted by Gasteiger charge is 2.15. The van der Waals surface area contributed by atoms with Gasteiger partial charge >= 0.3 is 0 Å². The highest BCUT2D eigenvalue weighted by Crippen LogP contribution is 2.29. The second-order valence-corrected chi connectivity index (χ2v) is 5.64. The topological polar surface area (TPSA) is 24.9 Å². The number of fused-ring (bicyclic) bond motifs is 1. The SMILES string of the molecule is CNC(c1cccc(Br)c1)c1cncc2ccccc12. The number of aromatic nitrogens is 1. The Morgan fingerprint density at radius 2 is 1.90 bits per heavy atom. The number of nitrogens with zero attached hydrogens (tertiary/aromatic N) is 1. The van der Waals surface area contributed by atoms with E-state index in [4.69, 9.17) is 0 Å². The monoisotopic (exact) mass is 326 g/mol. The molecule has 1 N–H and O–H groups in total. The molecule has 3 rings (SSSR count). The van der Waals surface area contributed by atoms with Crippen LogP contribution in [0.1, 0.15) is 17.2 Å². The van der Waals surface area contributed by atoms with Gasteiger partial charge in [-0.1, -0.05) is 52.3 Å². The van der Waals surface area contributed by atoms with Crippen LogP contribution in [0.15, 0.2) is 65.4 Å². The average Bonchev–Trinajstić information content (AvgIpc) is 2.48. The lowest BCUT2D eigenvalue weighted by atomic mass is 9.96. The first-order valence-corrected chi connectivity index (χ1v) is 7.34. The Morgan fingerprint density at radius 1 is 1.05 bits per heavy atom. The molecule has 1 aromatic heterocycles. The van der Waals surface area contributed by atoms with E-state index in [1.165, 1.54) is 21.9 Å². The van der Waals surface area contributed by atoms with Gasteiger partial charge in [0.15, 0.2) is 0 Å². The number of nitrogens with one attached hydrogen (secondary N) is 1. The molecule has 2 aromatic carbocycles. The minimum absolute atomic E-state index is 0.131. The third kappa shape index (κ3) is 2.47. The highest BCUT2D eigenvalue weighted by atomic mass is 79.9. The summed E-state index contributed by atoms with van der Waals surface area (Å²) in [5.74, 6) is 0. The molecule has 0 aliphatic heterocycles. The molecule has 0 saturated carbocycles. The Bertz CT molecular complexity index is 734. The molecule has 0 aliphatic carbocycles. The number of pyridine rings is 1. The van der Waals surface area contributed by atoms with Gasteiger partial charge in [-0.2, -0.15) is 0 Å². The number of hydrogen-bond acceptors (Lipinski definition) is 2. The summed E-state index contributed by atoms with van der Waals surface area (Å²) in [5, 5.41) is 5.80. The Balaban J connectivity index is 2.17. The summed E-state index contributed by atoms with van der Waals surface area (Å²) in [6.45, 7) is 0. The van der Waals surface area contributed by atoms with Crippen molar-refractivity contribution in [2.75, 3.05) is 7.05 Å². The van der Waals surface area contributed by atoms with Crippen LogP contribution < -0.4 is 5.32 Å². The molecule has 0 saturated heterocycles. The van der Waals surface area contributed by atoms with Gasteiger partial charge in [0.1, 0.15) is 0 Å². The molecular formula is C17H15BrN2. The van der Waals surface area contributed by atoms with Crippen molar-refractivity contribution < 1.29 is 0 Å². The second kappa shape index (κ2) is 5.73. The van der Waals surface area contributed by atoms with Crippen LogP contribution in [0, 0.1) is 0 Å². The van der Waals surface area contributed by atoms with Crippen molar-refractivity contribution in [2.45, 2.75) is 6.04 Å². The first kappa shape index (κ1) is 13.3. The van der Waals surface area contributed by atoms with Crippen LogP contribution in [0.5, 0.6) is 0 Å². The molecule has 0 spiro atoms. The van der Waals surface area contributed by atoms with E-state index in [9.17, 15) is 0 Å². The van der Waals surface area contributed by atoms with E-state index in [-0.39, 0.29) is 6.04 Å². The number of halogens is 1. The zero-order valence-corrected chi connectivity index (χ0v) is 12.8. The van der Waals surface area contributed by atoms with Gasteiger partial charge in [-0.05, 0) is 35.7 Å². The third-order valence-corrected chi connectivity index (χ3v) is 3.97. The van der Waals surface area contributed by atoms with E-state index in [0.717, 1.165) is 4.47 Å². The maximum atomic E-state index is 4.38. The van der Waals surface area contributed by atoms with E-state index in [0.29, 0.717) is 0 Å². The van der Waals surface area contributed by atoms with Crippen LogP contribution in [-0.2, 0) is 0 Å². The minimum Gasteiger partial charge on any atom is -0.309 e. The fraction of sp³-hybridized carbons (Fsp3) is 0.118. The van der Waals surface area contributed by atoms with Gasteiger partial charge in [0.05, 0.1) is 6.04 Å². The predicted molar refractivity (Wildman–Crippen MR) is 86.8 cm³/mol. The quantitative estimate of drug-likeness (QED) is 0.775. The number of rotatable bonds is 3. The van der Waals surface area contributed by atoms with Crippen LogP contribution in [0.2, 0.25) is 0 Å². The van der Waals surface area contributed by atoms with E-state index < -0.39 is 0 Å². The molecular weight excluding hydrogens is 312 g/mol. The Hall–Kier alpha value is -1.71. The Kier molecular flexibility index (Phi) is 3.81. The summed E-state index contributed by atoms with van der Waals surface area (Å²) < 4.78 is 1.09. The highest BCUT2D eigenvalue weighted by molar-refractivity contribution is 9.10. The molecule has 0 aliphatic rings. The average molecular weight is 327 g/mol. The molecule has 0 amide bonds. The Morgan fingerprint density at radius 3 is 2.70 bits per heavy atom. The van der Waals surface area contributed by atoms with Gasteiger partial charge in [-0.3, -0.25) is 4.98 Å². The molecule has 3 heteroatoms. The molecule has 1 unspecified atom stereocenters. The largest absolute Gasteiger partial charge is 0.309 e. The minimum atomic E-state index is 0.131. The molecule has 20 heavy (non-hydrogen) atoms. The van der Waals surface area contributed by atoms with Crippen molar-refractivity contribution in [3.05, 3.63) is 76.5 Å². The molecule has 1 heterocycles. The summed E-state index contributed by atoms with van der Waals surface area (Å²) >= 11 is 3.54. The van der Waals surface area contributed by atoms with E-state index in [1.807, 2.05) is 31.6 Å². The molecule has 100 valence electrons. The van der Waals surface area contributed by atoms with Gasteiger partial charge < -0.3 is 5.32 Å². The van der Waals surface area contributed by atoms with Gasteiger partial charge in [0.2, 0.25) is 0 Å². The van der Waals surface area contributed by atoms with Crippen LogP contribution in [-0.4, -0.2) is 12.0 Å². The summed E-state index contributed by atoms with van der Waals surface area (Å²) in [6, 6.07) is 16.9. The van der Waals surface area contributed by atoms with E-state index in [2.05, 4.69) is 62.6 Å². The molecule has 0 radical (unpaired) electrons. The molecule has 0 fully saturated rings. The lowest BCUT2D eigenvalue weighted by Gasteiger charge is -2.19. The van der Waals surface area contributed by atoms with Gasteiger partial charge in [0, 0.05) is 22.3 Å². The fourth-order valence-corrected chi connectivity index (χ4v) is 2.97.